The van der Waals surface area contributed by atoms with E-state index in [-0.39, 0.29) is 11.7 Å². The molecule has 0 saturated heterocycles. The van der Waals surface area contributed by atoms with Crippen molar-refractivity contribution in [2.45, 2.75) is 18.9 Å². The third-order valence-corrected chi connectivity index (χ3v) is 3.04. The van der Waals surface area contributed by atoms with Crippen molar-refractivity contribution in [1.82, 2.24) is 0 Å². The van der Waals surface area contributed by atoms with Crippen LogP contribution in [0.2, 0.25) is 0 Å². The van der Waals surface area contributed by atoms with Gasteiger partial charge in [-0.1, -0.05) is 36.4 Å². The quantitative estimate of drug-likeness (QED) is 0.780. The van der Waals surface area contributed by atoms with Gasteiger partial charge in [-0.25, -0.2) is 0 Å². The van der Waals surface area contributed by atoms with E-state index < -0.39 is 6.04 Å². The first kappa shape index (κ1) is 14.1. The number of nitrogens with one attached hydrogen (secondary N) is 1. The van der Waals surface area contributed by atoms with Gasteiger partial charge in [0.25, 0.3) is 0 Å². The van der Waals surface area contributed by atoms with Gasteiger partial charge in [0, 0.05) is 11.8 Å². The van der Waals surface area contributed by atoms with Crippen LogP contribution in [-0.2, 0) is 11.2 Å². The van der Waals surface area contributed by atoms with E-state index in [1.807, 2.05) is 30.3 Å². The van der Waals surface area contributed by atoms with Crippen molar-refractivity contribution >= 4 is 11.6 Å². The van der Waals surface area contributed by atoms with Crippen LogP contribution in [0.15, 0.2) is 54.6 Å². The van der Waals surface area contributed by atoms with Crippen molar-refractivity contribution in [3.63, 3.8) is 0 Å². The molecule has 20 heavy (non-hydrogen) atoms. The summed E-state index contributed by atoms with van der Waals surface area (Å²) >= 11 is 0. The number of amides is 1. The number of carbonyl (C=O) groups is 1. The molecule has 2 aromatic rings. The molecule has 0 spiro atoms. The zero-order valence-electron chi connectivity index (χ0n) is 11.1. The third kappa shape index (κ3) is 4.10. The number of carbonyl (C=O) groups excluding carboxylic acids is 1. The van der Waals surface area contributed by atoms with Crippen molar-refractivity contribution in [2.75, 3.05) is 5.32 Å². The van der Waals surface area contributed by atoms with Crippen LogP contribution in [0.1, 0.15) is 12.0 Å². The predicted molar refractivity (Wildman–Crippen MR) is 79.5 cm³/mol. The van der Waals surface area contributed by atoms with E-state index in [4.69, 9.17) is 5.73 Å². The lowest BCUT2D eigenvalue weighted by Gasteiger charge is -2.12. The smallest absolute Gasteiger partial charge is 0.241 e. The van der Waals surface area contributed by atoms with E-state index in [0.29, 0.717) is 12.1 Å². The van der Waals surface area contributed by atoms with Gasteiger partial charge in [0.15, 0.2) is 0 Å². The topological polar surface area (TPSA) is 75.4 Å². The van der Waals surface area contributed by atoms with Crippen LogP contribution < -0.4 is 11.1 Å². The lowest BCUT2D eigenvalue weighted by Crippen LogP contribution is -2.35. The van der Waals surface area contributed by atoms with E-state index in [9.17, 15) is 9.90 Å². The van der Waals surface area contributed by atoms with Crippen LogP contribution in [-0.4, -0.2) is 17.1 Å². The first-order valence-electron chi connectivity index (χ1n) is 6.54. The Morgan fingerprint density at radius 2 is 1.90 bits per heavy atom. The molecule has 4 nitrogen and oxygen atoms in total. The predicted octanol–water partition coefficient (Wildman–Crippen LogP) is 2.29. The highest BCUT2D eigenvalue weighted by molar-refractivity contribution is 5.94. The molecule has 0 aliphatic carbocycles. The number of phenolic OH excluding ortho intramolecular Hbond substituents is 1. The molecule has 0 radical (unpaired) electrons. The van der Waals surface area contributed by atoms with Crippen molar-refractivity contribution in [2.24, 2.45) is 5.73 Å². The highest BCUT2D eigenvalue weighted by atomic mass is 16.3. The fourth-order valence-electron chi connectivity index (χ4n) is 1.92. The highest BCUT2D eigenvalue weighted by Crippen LogP contribution is 2.15. The van der Waals surface area contributed by atoms with Crippen LogP contribution in [0.25, 0.3) is 0 Å². The van der Waals surface area contributed by atoms with Gasteiger partial charge in [0.1, 0.15) is 5.75 Å². The molecule has 0 heterocycles. The molecule has 0 aliphatic rings. The summed E-state index contributed by atoms with van der Waals surface area (Å²) in [7, 11) is 0. The van der Waals surface area contributed by atoms with Gasteiger partial charge in [-0.3, -0.25) is 4.79 Å². The summed E-state index contributed by atoms with van der Waals surface area (Å²) in [6.45, 7) is 0. The van der Waals surface area contributed by atoms with Gasteiger partial charge in [-0.15, -0.1) is 0 Å². The molecule has 0 saturated carbocycles. The molecule has 0 unspecified atom stereocenters. The molecule has 2 rings (SSSR count). The van der Waals surface area contributed by atoms with Gasteiger partial charge in [0.2, 0.25) is 5.91 Å². The summed E-state index contributed by atoms with van der Waals surface area (Å²) in [5.41, 5.74) is 7.58. The van der Waals surface area contributed by atoms with Crippen molar-refractivity contribution in [1.29, 1.82) is 0 Å². The van der Waals surface area contributed by atoms with Gasteiger partial charge in [0.05, 0.1) is 6.04 Å². The molecule has 1 atom stereocenters. The molecule has 104 valence electrons. The van der Waals surface area contributed by atoms with E-state index >= 15 is 0 Å². The molecule has 0 aliphatic heterocycles. The number of aryl methyl sites for hydroxylation is 1. The Kier molecular flexibility index (Phi) is 4.74. The first-order chi connectivity index (χ1) is 9.65. The van der Waals surface area contributed by atoms with Crippen LogP contribution in [0.3, 0.4) is 0 Å². The minimum atomic E-state index is -0.572. The summed E-state index contributed by atoms with van der Waals surface area (Å²) < 4.78 is 0. The van der Waals surface area contributed by atoms with E-state index in [1.54, 1.807) is 18.2 Å². The Morgan fingerprint density at radius 3 is 2.60 bits per heavy atom. The Morgan fingerprint density at radius 1 is 1.15 bits per heavy atom. The Hall–Kier alpha value is -2.33. The minimum absolute atomic E-state index is 0.112. The molecule has 4 heteroatoms. The van der Waals surface area contributed by atoms with Crippen LogP contribution >= 0.6 is 0 Å². The fraction of sp³-hybridized carbons (Fsp3) is 0.188. The van der Waals surface area contributed by atoms with E-state index in [2.05, 4.69) is 5.32 Å². The summed E-state index contributed by atoms with van der Waals surface area (Å²) in [4.78, 5) is 11.9. The molecule has 0 bridgehead atoms. The normalized spacial score (nSPS) is 11.8. The zero-order valence-corrected chi connectivity index (χ0v) is 11.1. The summed E-state index contributed by atoms with van der Waals surface area (Å²) in [6.07, 6.45) is 1.34. The molecular formula is C16H18N2O2. The van der Waals surface area contributed by atoms with Gasteiger partial charge >= 0.3 is 0 Å². The van der Waals surface area contributed by atoms with E-state index in [1.165, 1.54) is 6.07 Å². The average molecular weight is 270 g/mol. The Bertz CT molecular complexity index is 570. The SMILES string of the molecule is N[C@@H](CCc1ccccc1)C(=O)Nc1cccc(O)c1. The molecule has 0 fully saturated rings. The number of hydrogen-bond acceptors (Lipinski definition) is 3. The largest absolute Gasteiger partial charge is 0.508 e. The van der Waals surface area contributed by atoms with Gasteiger partial charge in [-0.2, -0.15) is 0 Å². The Labute approximate surface area is 118 Å². The van der Waals surface area contributed by atoms with Crippen LogP contribution in [0.4, 0.5) is 5.69 Å². The summed E-state index contributed by atoms with van der Waals surface area (Å²) in [5.74, 6) is -0.132. The molecule has 0 aromatic heterocycles. The second kappa shape index (κ2) is 6.73. The van der Waals surface area contributed by atoms with Crippen LogP contribution in [0.5, 0.6) is 5.75 Å². The summed E-state index contributed by atoms with van der Waals surface area (Å²) in [5, 5.41) is 12.0. The zero-order chi connectivity index (χ0) is 14.4. The number of phenols is 1. The number of aromatic hydroxyl groups is 1. The lowest BCUT2D eigenvalue weighted by atomic mass is 10.1. The number of nitrogens with two attached hydrogens (primary N) is 1. The second-order valence-electron chi connectivity index (χ2n) is 4.67. The number of anilines is 1. The number of rotatable bonds is 5. The maximum atomic E-state index is 11.9. The van der Waals surface area contributed by atoms with Crippen molar-refractivity contribution < 1.29 is 9.90 Å². The van der Waals surface area contributed by atoms with Crippen LogP contribution in [0, 0.1) is 0 Å². The lowest BCUT2D eigenvalue weighted by molar-refractivity contribution is -0.117. The molecule has 4 N–H and O–H groups in total. The van der Waals surface area contributed by atoms with Gasteiger partial charge in [-0.05, 0) is 30.5 Å². The number of hydrogen-bond donors (Lipinski definition) is 3. The summed E-state index contributed by atoms with van der Waals surface area (Å²) in [6, 6.07) is 15.8. The standard InChI is InChI=1S/C16H18N2O2/c17-15(10-9-12-5-2-1-3-6-12)16(20)18-13-7-4-8-14(19)11-13/h1-8,11,15,19H,9-10,17H2,(H,18,20)/t15-/m0/s1. The molecular weight excluding hydrogens is 252 g/mol. The average Bonchev–Trinajstić information content (AvgIpc) is 2.46. The van der Waals surface area contributed by atoms with E-state index in [0.717, 1.165) is 12.0 Å². The second-order valence-corrected chi connectivity index (χ2v) is 4.67. The minimum Gasteiger partial charge on any atom is -0.508 e. The Balaban J connectivity index is 1.86. The molecule has 2 aromatic carbocycles. The first-order valence-corrected chi connectivity index (χ1v) is 6.54. The fourth-order valence-corrected chi connectivity index (χ4v) is 1.92. The highest BCUT2D eigenvalue weighted by Gasteiger charge is 2.13. The van der Waals surface area contributed by atoms with Gasteiger partial charge < -0.3 is 16.2 Å². The maximum Gasteiger partial charge on any atom is 0.241 e. The van der Waals surface area contributed by atoms with Crippen molar-refractivity contribution in [3.8, 4) is 5.75 Å². The third-order valence-electron chi connectivity index (χ3n) is 3.04. The van der Waals surface area contributed by atoms with Crippen molar-refractivity contribution in [3.05, 3.63) is 60.2 Å². The monoisotopic (exact) mass is 270 g/mol. The maximum absolute atomic E-state index is 11.9. The molecule has 1 amide bonds. The number of benzene rings is 2.